The molecule has 6 heteroatoms. The molecular formula is C17H18ClNO3S. The number of amides is 1. The summed E-state index contributed by atoms with van der Waals surface area (Å²) in [5, 5.41) is 3.12. The van der Waals surface area contributed by atoms with Crippen molar-refractivity contribution in [2.45, 2.75) is 17.1 Å². The van der Waals surface area contributed by atoms with Crippen LogP contribution in [0.15, 0.2) is 47.4 Å². The van der Waals surface area contributed by atoms with Crippen molar-refractivity contribution in [3.8, 4) is 11.5 Å². The lowest BCUT2D eigenvalue weighted by Gasteiger charge is -2.14. The van der Waals surface area contributed by atoms with Gasteiger partial charge in [-0.05, 0) is 49.4 Å². The fraction of sp³-hybridized carbons (Fsp3) is 0.235. The number of rotatable bonds is 6. The first-order chi connectivity index (χ1) is 11.0. The van der Waals surface area contributed by atoms with Gasteiger partial charge in [0.25, 0.3) is 0 Å². The van der Waals surface area contributed by atoms with Crippen LogP contribution in [0.3, 0.4) is 0 Å². The number of carbonyl (C=O) groups is 1. The molecule has 2 aromatic rings. The molecule has 122 valence electrons. The second-order valence-electron chi connectivity index (χ2n) is 4.77. The Morgan fingerprint density at radius 2 is 1.83 bits per heavy atom. The van der Waals surface area contributed by atoms with Crippen LogP contribution in [0.1, 0.15) is 6.92 Å². The second kappa shape index (κ2) is 8.13. The number of ether oxygens (including phenoxy) is 2. The molecule has 0 aromatic heterocycles. The molecule has 23 heavy (non-hydrogen) atoms. The quantitative estimate of drug-likeness (QED) is 0.780. The molecule has 0 aliphatic rings. The predicted octanol–water partition coefficient (Wildman–Crippen LogP) is 4.48. The number of thioether (sulfide) groups is 1. The molecule has 0 spiro atoms. The van der Waals surface area contributed by atoms with Gasteiger partial charge in [-0.15, -0.1) is 11.8 Å². The van der Waals surface area contributed by atoms with Gasteiger partial charge in [0.05, 0.1) is 25.2 Å². The topological polar surface area (TPSA) is 47.6 Å². The molecule has 1 N–H and O–H groups in total. The molecule has 1 amide bonds. The number of nitrogens with one attached hydrogen (secondary N) is 1. The smallest absolute Gasteiger partial charge is 0.237 e. The fourth-order valence-corrected chi connectivity index (χ4v) is 2.96. The summed E-state index contributed by atoms with van der Waals surface area (Å²) in [4.78, 5) is 13.4. The van der Waals surface area contributed by atoms with Gasteiger partial charge in [0.2, 0.25) is 5.91 Å². The summed E-state index contributed by atoms with van der Waals surface area (Å²) in [6, 6.07) is 12.7. The molecule has 0 saturated carbocycles. The highest BCUT2D eigenvalue weighted by atomic mass is 35.5. The second-order valence-corrected chi connectivity index (χ2v) is 6.62. The molecule has 2 rings (SSSR count). The standard InChI is InChI=1S/C17H18ClNO3S/c1-11(23-14-7-5-13(21-2)6-8-14)17(20)19-15-10-12(18)4-9-16(15)22-3/h4-11H,1-3H3,(H,19,20)/t11-/m1/s1. The summed E-state index contributed by atoms with van der Waals surface area (Å²) in [6.45, 7) is 1.85. The first-order valence-corrected chi connectivity index (χ1v) is 8.24. The van der Waals surface area contributed by atoms with Gasteiger partial charge >= 0.3 is 0 Å². The Kier molecular flexibility index (Phi) is 6.19. The predicted molar refractivity (Wildman–Crippen MR) is 94.9 cm³/mol. The third-order valence-electron chi connectivity index (χ3n) is 3.16. The van der Waals surface area contributed by atoms with Crippen LogP contribution in [-0.2, 0) is 4.79 Å². The van der Waals surface area contributed by atoms with Crippen LogP contribution in [0.4, 0.5) is 5.69 Å². The lowest BCUT2D eigenvalue weighted by atomic mass is 10.3. The van der Waals surface area contributed by atoms with E-state index < -0.39 is 0 Å². The third kappa shape index (κ3) is 4.81. The van der Waals surface area contributed by atoms with E-state index in [0.29, 0.717) is 16.5 Å². The van der Waals surface area contributed by atoms with Crippen molar-refractivity contribution in [2.75, 3.05) is 19.5 Å². The number of methoxy groups -OCH3 is 2. The molecule has 0 aliphatic carbocycles. The highest BCUT2D eigenvalue weighted by Crippen LogP contribution is 2.30. The average Bonchev–Trinajstić information content (AvgIpc) is 2.55. The van der Waals surface area contributed by atoms with Crippen LogP contribution in [0.5, 0.6) is 11.5 Å². The lowest BCUT2D eigenvalue weighted by Crippen LogP contribution is -2.22. The van der Waals surface area contributed by atoms with Crippen molar-refractivity contribution in [1.82, 2.24) is 0 Å². The maximum absolute atomic E-state index is 12.4. The summed E-state index contributed by atoms with van der Waals surface area (Å²) < 4.78 is 10.4. The third-order valence-corrected chi connectivity index (χ3v) is 4.51. The Balaban J connectivity index is 2.03. The van der Waals surface area contributed by atoms with E-state index in [9.17, 15) is 4.79 Å². The summed E-state index contributed by atoms with van der Waals surface area (Å²) in [6.07, 6.45) is 0. The number of benzene rings is 2. The van der Waals surface area contributed by atoms with E-state index in [2.05, 4.69) is 5.32 Å². The van der Waals surface area contributed by atoms with Gasteiger partial charge in [0.15, 0.2) is 0 Å². The monoisotopic (exact) mass is 351 g/mol. The van der Waals surface area contributed by atoms with E-state index >= 15 is 0 Å². The van der Waals surface area contributed by atoms with Gasteiger partial charge in [0, 0.05) is 9.92 Å². The van der Waals surface area contributed by atoms with Gasteiger partial charge in [-0.25, -0.2) is 0 Å². The fourth-order valence-electron chi connectivity index (χ4n) is 1.92. The van der Waals surface area contributed by atoms with Crippen LogP contribution >= 0.6 is 23.4 Å². The number of anilines is 1. The molecule has 0 saturated heterocycles. The highest BCUT2D eigenvalue weighted by Gasteiger charge is 2.16. The number of halogens is 1. The summed E-state index contributed by atoms with van der Waals surface area (Å²) in [5.41, 5.74) is 0.562. The van der Waals surface area contributed by atoms with E-state index in [-0.39, 0.29) is 11.2 Å². The minimum absolute atomic E-state index is 0.119. The number of carbonyl (C=O) groups excluding carboxylic acids is 1. The van der Waals surface area contributed by atoms with Gasteiger partial charge in [-0.3, -0.25) is 4.79 Å². The Hall–Kier alpha value is -1.85. The van der Waals surface area contributed by atoms with Gasteiger partial charge in [-0.2, -0.15) is 0 Å². The van der Waals surface area contributed by atoms with Crippen molar-refractivity contribution in [2.24, 2.45) is 0 Å². The molecule has 0 aliphatic heterocycles. The van der Waals surface area contributed by atoms with E-state index in [4.69, 9.17) is 21.1 Å². The molecule has 0 bridgehead atoms. The van der Waals surface area contributed by atoms with Crippen molar-refractivity contribution in [1.29, 1.82) is 0 Å². The Morgan fingerprint density at radius 1 is 1.13 bits per heavy atom. The van der Waals surface area contributed by atoms with Crippen LogP contribution < -0.4 is 14.8 Å². The molecule has 0 radical (unpaired) electrons. The molecule has 1 atom stereocenters. The average molecular weight is 352 g/mol. The number of hydrogen-bond acceptors (Lipinski definition) is 4. The Bertz CT molecular complexity index is 676. The summed E-state index contributed by atoms with van der Waals surface area (Å²) in [5.74, 6) is 1.24. The number of hydrogen-bond donors (Lipinski definition) is 1. The summed E-state index contributed by atoms with van der Waals surface area (Å²) >= 11 is 7.44. The zero-order chi connectivity index (χ0) is 16.8. The zero-order valence-electron chi connectivity index (χ0n) is 13.1. The van der Waals surface area contributed by atoms with Crippen molar-refractivity contribution in [3.05, 3.63) is 47.5 Å². The van der Waals surface area contributed by atoms with Crippen molar-refractivity contribution < 1.29 is 14.3 Å². The summed E-state index contributed by atoms with van der Waals surface area (Å²) in [7, 11) is 3.17. The van der Waals surface area contributed by atoms with Gasteiger partial charge in [0.1, 0.15) is 11.5 Å². The largest absolute Gasteiger partial charge is 0.497 e. The Morgan fingerprint density at radius 3 is 2.43 bits per heavy atom. The van der Waals surface area contributed by atoms with Crippen LogP contribution in [0.2, 0.25) is 5.02 Å². The molecule has 0 heterocycles. The maximum atomic E-state index is 12.4. The van der Waals surface area contributed by atoms with Crippen LogP contribution in [0, 0.1) is 0 Å². The SMILES string of the molecule is COc1ccc(S[C@H](C)C(=O)Nc2cc(Cl)ccc2OC)cc1. The lowest BCUT2D eigenvalue weighted by molar-refractivity contribution is -0.115. The Labute approximate surface area is 145 Å². The first-order valence-electron chi connectivity index (χ1n) is 6.98. The van der Waals surface area contributed by atoms with E-state index in [1.54, 1.807) is 32.4 Å². The molecule has 4 nitrogen and oxygen atoms in total. The van der Waals surface area contributed by atoms with Crippen LogP contribution in [0.25, 0.3) is 0 Å². The maximum Gasteiger partial charge on any atom is 0.237 e. The molecule has 0 fully saturated rings. The minimum Gasteiger partial charge on any atom is -0.497 e. The zero-order valence-corrected chi connectivity index (χ0v) is 14.7. The van der Waals surface area contributed by atoms with Crippen LogP contribution in [-0.4, -0.2) is 25.4 Å². The van der Waals surface area contributed by atoms with Gasteiger partial charge < -0.3 is 14.8 Å². The van der Waals surface area contributed by atoms with E-state index in [0.717, 1.165) is 10.6 Å². The molecule has 0 unspecified atom stereocenters. The highest BCUT2D eigenvalue weighted by molar-refractivity contribution is 8.00. The van der Waals surface area contributed by atoms with E-state index in [1.165, 1.54) is 11.8 Å². The van der Waals surface area contributed by atoms with E-state index in [1.807, 2.05) is 31.2 Å². The molecular weight excluding hydrogens is 334 g/mol. The van der Waals surface area contributed by atoms with Crippen molar-refractivity contribution >= 4 is 35.0 Å². The minimum atomic E-state index is -0.271. The normalized spacial score (nSPS) is 11.7. The molecule has 2 aromatic carbocycles. The van der Waals surface area contributed by atoms with Crippen molar-refractivity contribution in [3.63, 3.8) is 0 Å². The first kappa shape index (κ1) is 17.5. The van der Waals surface area contributed by atoms with Gasteiger partial charge in [-0.1, -0.05) is 11.6 Å².